The summed E-state index contributed by atoms with van der Waals surface area (Å²) in [4.78, 5) is 14.9. The fourth-order valence-electron chi connectivity index (χ4n) is 3.85. The number of rotatable bonds is 5. The Bertz CT molecular complexity index is 950. The molecule has 31 heavy (non-hydrogen) atoms. The molecule has 3 rings (SSSR count). The van der Waals surface area contributed by atoms with Crippen molar-refractivity contribution in [1.29, 1.82) is 0 Å². The van der Waals surface area contributed by atoms with E-state index in [0.717, 1.165) is 16.7 Å². The van der Waals surface area contributed by atoms with E-state index in [9.17, 15) is 4.79 Å². The Hall–Kier alpha value is -3.09. The van der Waals surface area contributed by atoms with Crippen LogP contribution < -0.4 is 18.9 Å². The van der Waals surface area contributed by atoms with Crippen LogP contribution in [0.15, 0.2) is 30.3 Å². The Labute approximate surface area is 183 Å². The van der Waals surface area contributed by atoms with Gasteiger partial charge in [-0.25, -0.2) is 4.79 Å². The van der Waals surface area contributed by atoms with Gasteiger partial charge in [0, 0.05) is 6.54 Å². The standard InChI is InChI=1S/C24H31NO6/c1-24(2,3)31-23(26)25-11-10-15-12-20(29-6)21(30-7)14-17(15)22(25)16-8-9-18(27-4)19(13-16)28-5/h8-9,12-14,22H,10-11H2,1-7H3. The zero-order chi connectivity index (χ0) is 22.8. The van der Waals surface area contributed by atoms with Gasteiger partial charge in [0.1, 0.15) is 5.60 Å². The van der Waals surface area contributed by atoms with Crippen LogP contribution in [-0.2, 0) is 11.2 Å². The Balaban J connectivity index is 2.16. The van der Waals surface area contributed by atoms with Crippen molar-refractivity contribution in [3.63, 3.8) is 0 Å². The predicted octanol–water partition coefficient (Wildman–Crippen LogP) is 4.60. The van der Waals surface area contributed by atoms with Crippen molar-refractivity contribution < 1.29 is 28.5 Å². The number of hydrogen-bond acceptors (Lipinski definition) is 6. The van der Waals surface area contributed by atoms with Gasteiger partial charge in [0.05, 0.1) is 34.5 Å². The monoisotopic (exact) mass is 429 g/mol. The number of carbonyl (C=O) groups is 1. The highest BCUT2D eigenvalue weighted by atomic mass is 16.6. The van der Waals surface area contributed by atoms with E-state index in [1.807, 2.05) is 51.1 Å². The molecule has 0 N–H and O–H groups in total. The molecule has 168 valence electrons. The van der Waals surface area contributed by atoms with Crippen LogP contribution in [-0.4, -0.2) is 51.6 Å². The van der Waals surface area contributed by atoms with Crippen LogP contribution in [0.1, 0.15) is 43.5 Å². The maximum Gasteiger partial charge on any atom is 0.411 e. The molecule has 0 aromatic heterocycles. The highest BCUT2D eigenvalue weighted by molar-refractivity contribution is 5.71. The molecule has 0 fully saturated rings. The van der Waals surface area contributed by atoms with Crippen molar-refractivity contribution >= 4 is 6.09 Å². The topological polar surface area (TPSA) is 66.5 Å². The second-order valence-corrected chi connectivity index (χ2v) is 8.35. The van der Waals surface area contributed by atoms with Crippen LogP contribution in [0.2, 0.25) is 0 Å². The predicted molar refractivity (Wildman–Crippen MR) is 118 cm³/mol. The van der Waals surface area contributed by atoms with Gasteiger partial charge < -0.3 is 23.7 Å². The number of fused-ring (bicyclic) bond motifs is 1. The SMILES string of the molecule is COc1ccc(C2c3cc(OC)c(OC)cc3CCN2C(=O)OC(C)(C)C)cc1OC. The fourth-order valence-corrected chi connectivity index (χ4v) is 3.85. The third kappa shape index (κ3) is 4.65. The molecule has 0 saturated heterocycles. The Morgan fingerprint density at radius 3 is 2.03 bits per heavy atom. The Morgan fingerprint density at radius 2 is 1.45 bits per heavy atom. The lowest BCUT2D eigenvalue weighted by molar-refractivity contribution is 0.0177. The number of benzene rings is 2. The molecule has 0 radical (unpaired) electrons. The van der Waals surface area contributed by atoms with Crippen LogP contribution in [0.25, 0.3) is 0 Å². The van der Waals surface area contributed by atoms with Crippen molar-refractivity contribution in [3.8, 4) is 23.0 Å². The summed E-state index contributed by atoms with van der Waals surface area (Å²) >= 11 is 0. The molecule has 1 amide bonds. The normalized spacial score (nSPS) is 15.7. The highest BCUT2D eigenvalue weighted by Crippen LogP contribution is 2.43. The summed E-state index contributed by atoms with van der Waals surface area (Å²) in [6.45, 7) is 6.10. The first-order valence-corrected chi connectivity index (χ1v) is 10.2. The summed E-state index contributed by atoms with van der Waals surface area (Å²) in [5.41, 5.74) is 2.34. The summed E-state index contributed by atoms with van der Waals surface area (Å²) in [6, 6.07) is 9.22. The minimum atomic E-state index is -0.600. The average molecular weight is 430 g/mol. The maximum absolute atomic E-state index is 13.2. The van der Waals surface area contributed by atoms with E-state index in [1.165, 1.54) is 0 Å². The van der Waals surface area contributed by atoms with Crippen molar-refractivity contribution in [3.05, 3.63) is 47.0 Å². The Kier molecular flexibility index (Phi) is 6.53. The molecular weight excluding hydrogens is 398 g/mol. The van der Waals surface area contributed by atoms with Crippen LogP contribution in [0, 0.1) is 0 Å². The van der Waals surface area contributed by atoms with Crippen molar-refractivity contribution in [1.82, 2.24) is 4.90 Å². The number of amides is 1. The molecule has 1 aliphatic heterocycles. The zero-order valence-corrected chi connectivity index (χ0v) is 19.3. The molecule has 0 spiro atoms. The molecule has 2 aromatic carbocycles. The molecular formula is C24H31NO6. The molecule has 0 bridgehead atoms. The second kappa shape index (κ2) is 8.96. The molecule has 0 aliphatic carbocycles. The quantitative estimate of drug-likeness (QED) is 0.692. The molecule has 1 heterocycles. The lowest BCUT2D eigenvalue weighted by Crippen LogP contribution is -2.43. The molecule has 0 saturated carbocycles. The van der Waals surface area contributed by atoms with Crippen LogP contribution in [0.3, 0.4) is 0 Å². The number of hydrogen-bond donors (Lipinski definition) is 0. The summed E-state index contributed by atoms with van der Waals surface area (Å²) in [5.74, 6) is 2.49. The molecule has 1 unspecified atom stereocenters. The third-order valence-electron chi connectivity index (χ3n) is 5.23. The van der Waals surface area contributed by atoms with Crippen LogP contribution >= 0.6 is 0 Å². The van der Waals surface area contributed by atoms with E-state index in [-0.39, 0.29) is 12.1 Å². The summed E-state index contributed by atoms with van der Waals surface area (Å²) < 4.78 is 27.6. The lowest BCUT2D eigenvalue weighted by Gasteiger charge is -2.38. The van der Waals surface area contributed by atoms with E-state index in [2.05, 4.69) is 0 Å². The first kappa shape index (κ1) is 22.6. The van der Waals surface area contributed by atoms with Crippen molar-refractivity contribution in [2.24, 2.45) is 0 Å². The summed E-state index contributed by atoms with van der Waals surface area (Å²) in [6.07, 6.45) is 0.311. The number of ether oxygens (including phenoxy) is 5. The minimum absolute atomic E-state index is 0.368. The molecule has 7 nitrogen and oxygen atoms in total. The first-order valence-electron chi connectivity index (χ1n) is 10.2. The van der Waals surface area contributed by atoms with Gasteiger partial charge in [0.2, 0.25) is 0 Å². The molecule has 2 aromatic rings. The zero-order valence-electron chi connectivity index (χ0n) is 19.3. The molecule has 1 atom stereocenters. The van der Waals surface area contributed by atoms with E-state index < -0.39 is 5.60 Å². The van der Waals surface area contributed by atoms with Gasteiger partial charge in [-0.05, 0) is 68.1 Å². The van der Waals surface area contributed by atoms with Crippen LogP contribution in [0.5, 0.6) is 23.0 Å². The maximum atomic E-state index is 13.2. The highest BCUT2D eigenvalue weighted by Gasteiger charge is 2.36. The van der Waals surface area contributed by atoms with Gasteiger partial charge in [-0.15, -0.1) is 0 Å². The lowest BCUT2D eigenvalue weighted by atomic mass is 9.87. The fraction of sp³-hybridized carbons (Fsp3) is 0.458. The van der Waals surface area contributed by atoms with Crippen molar-refractivity contribution in [2.75, 3.05) is 35.0 Å². The second-order valence-electron chi connectivity index (χ2n) is 8.35. The van der Waals surface area contributed by atoms with Gasteiger partial charge in [-0.1, -0.05) is 6.07 Å². The summed E-state index contributed by atoms with van der Waals surface area (Å²) in [7, 11) is 6.41. The Morgan fingerprint density at radius 1 is 0.871 bits per heavy atom. The molecule has 1 aliphatic rings. The smallest absolute Gasteiger partial charge is 0.411 e. The number of carbonyl (C=O) groups excluding carboxylic acids is 1. The van der Waals surface area contributed by atoms with Gasteiger partial charge in [0.25, 0.3) is 0 Å². The summed E-state index contributed by atoms with van der Waals surface area (Å²) in [5, 5.41) is 0. The van der Waals surface area contributed by atoms with E-state index >= 15 is 0 Å². The first-order chi connectivity index (χ1) is 14.7. The van der Waals surface area contributed by atoms with E-state index in [1.54, 1.807) is 33.3 Å². The van der Waals surface area contributed by atoms with Gasteiger partial charge in [-0.2, -0.15) is 0 Å². The average Bonchev–Trinajstić information content (AvgIpc) is 2.75. The van der Waals surface area contributed by atoms with Crippen LogP contribution in [0.4, 0.5) is 4.79 Å². The largest absolute Gasteiger partial charge is 0.493 e. The third-order valence-corrected chi connectivity index (χ3v) is 5.23. The number of methoxy groups -OCH3 is 4. The minimum Gasteiger partial charge on any atom is -0.493 e. The van der Waals surface area contributed by atoms with E-state index in [4.69, 9.17) is 23.7 Å². The number of nitrogens with zero attached hydrogens (tertiary/aromatic N) is 1. The molecule has 7 heteroatoms. The van der Waals surface area contributed by atoms with Gasteiger partial charge in [-0.3, -0.25) is 4.90 Å². The van der Waals surface area contributed by atoms with E-state index in [0.29, 0.717) is 36.0 Å². The van der Waals surface area contributed by atoms with Crippen molar-refractivity contribution in [2.45, 2.75) is 38.8 Å². The van der Waals surface area contributed by atoms with Gasteiger partial charge >= 0.3 is 6.09 Å². The van der Waals surface area contributed by atoms with Gasteiger partial charge in [0.15, 0.2) is 23.0 Å².